The number of hydrogen-bond acceptors (Lipinski definition) is 7. The highest BCUT2D eigenvalue weighted by atomic mass is 31.2. The first-order valence-corrected chi connectivity index (χ1v) is 11.8. The molecule has 2 aromatic rings. The second kappa shape index (κ2) is 12.4. The molecular formula is C23H30NO7P. The van der Waals surface area contributed by atoms with Crippen LogP contribution in [0.25, 0.3) is 0 Å². The molecule has 3 atom stereocenters. The van der Waals surface area contributed by atoms with E-state index in [0.717, 1.165) is 11.1 Å². The van der Waals surface area contributed by atoms with Crippen molar-refractivity contribution in [3.8, 4) is 0 Å². The van der Waals surface area contributed by atoms with E-state index in [-0.39, 0.29) is 18.9 Å². The molecule has 0 aliphatic heterocycles. The van der Waals surface area contributed by atoms with Crippen molar-refractivity contribution in [3.05, 3.63) is 71.8 Å². The highest BCUT2D eigenvalue weighted by Crippen LogP contribution is 2.55. The highest BCUT2D eigenvalue weighted by molar-refractivity contribution is 7.54. The third-order valence-electron chi connectivity index (χ3n) is 4.71. The summed E-state index contributed by atoms with van der Waals surface area (Å²) in [7, 11) is -1.55. The molecule has 0 spiro atoms. The molecule has 1 amide bonds. The lowest BCUT2D eigenvalue weighted by molar-refractivity contribution is -0.149. The lowest BCUT2D eigenvalue weighted by Gasteiger charge is -2.31. The molecule has 0 saturated heterocycles. The van der Waals surface area contributed by atoms with Gasteiger partial charge in [0.15, 0.2) is 6.10 Å². The molecule has 0 heterocycles. The molecular weight excluding hydrogens is 433 g/mol. The second-order valence-electron chi connectivity index (χ2n) is 7.42. The number of amides is 1. The van der Waals surface area contributed by atoms with Gasteiger partial charge in [-0.2, -0.15) is 0 Å². The van der Waals surface area contributed by atoms with Gasteiger partial charge in [0.1, 0.15) is 12.4 Å². The van der Waals surface area contributed by atoms with E-state index in [1.165, 1.54) is 14.2 Å². The first-order valence-electron chi connectivity index (χ1n) is 10.2. The Hall–Kier alpha value is -2.67. The van der Waals surface area contributed by atoms with Crippen LogP contribution in [0.15, 0.2) is 60.7 Å². The summed E-state index contributed by atoms with van der Waals surface area (Å²) in [5, 5.41) is 2.58. The zero-order chi connectivity index (χ0) is 23.6. The van der Waals surface area contributed by atoms with Crippen LogP contribution in [0.4, 0.5) is 4.79 Å². The number of carbonyl (C=O) groups is 2. The van der Waals surface area contributed by atoms with Gasteiger partial charge in [0.05, 0.1) is 7.11 Å². The fourth-order valence-electron chi connectivity index (χ4n) is 3.02. The van der Waals surface area contributed by atoms with Gasteiger partial charge in [-0.05, 0) is 17.0 Å². The minimum atomic E-state index is -3.99. The van der Waals surface area contributed by atoms with Crippen LogP contribution in [0, 0.1) is 5.92 Å². The van der Waals surface area contributed by atoms with Crippen LogP contribution in [0.2, 0.25) is 0 Å². The minimum absolute atomic E-state index is 0.0500. The predicted molar refractivity (Wildman–Crippen MR) is 120 cm³/mol. The summed E-state index contributed by atoms with van der Waals surface area (Å²) < 4.78 is 34.7. The molecule has 1 unspecified atom stereocenters. The topological polar surface area (TPSA) is 100 Å². The fraction of sp³-hybridized carbons (Fsp3) is 0.391. The number of benzene rings is 2. The molecule has 0 aliphatic carbocycles. The van der Waals surface area contributed by atoms with Gasteiger partial charge in [-0.1, -0.05) is 74.5 Å². The van der Waals surface area contributed by atoms with Gasteiger partial charge in [-0.3, -0.25) is 9.09 Å². The number of methoxy groups -OCH3 is 1. The van der Waals surface area contributed by atoms with Crippen LogP contribution in [-0.2, 0) is 40.9 Å². The summed E-state index contributed by atoms with van der Waals surface area (Å²) in [6.45, 7) is 3.55. The monoisotopic (exact) mass is 463 g/mol. The molecule has 9 heteroatoms. The van der Waals surface area contributed by atoms with Crippen LogP contribution < -0.4 is 5.32 Å². The van der Waals surface area contributed by atoms with E-state index in [9.17, 15) is 14.2 Å². The first kappa shape index (κ1) is 25.6. The summed E-state index contributed by atoms with van der Waals surface area (Å²) in [5.74, 6) is -2.08. The molecule has 0 radical (unpaired) electrons. The normalized spacial score (nSPS) is 14.8. The van der Waals surface area contributed by atoms with E-state index < -0.39 is 31.5 Å². The maximum absolute atomic E-state index is 13.6. The van der Waals surface area contributed by atoms with Gasteiger partial charge in [0.25, 0.3) is 0 Å². The number of rotatable bonds is 11. The van der Waals surface area contributed by atoms with Crippen molar-refractivity contribution >= 4 is 19.7 Å². The summed E-state index contributed by atoms with van der Waals surface area (Å²) >= 11 is 0. The van der Waals surface area contributed by atoms with Crippen molar-refractivity contribution in [2.24, 2.45) is 5.92 Å². The third-order valence-corrected chi connectivity index (χ3v) is 7.17. The molecule has 8 nitrogen and oxygen atoms in total. The highest BCUT2D eigenvalue weighted by Gasteiger charge is 2.43. The predicted octanol–water partition coefficient (Wildman–Crippen LogP) is 4.54. The SMILES string of the molecule is COC(=O)[C@H](Cc1ccccc1)OP(=O)(OC)[C@H](NC(=O)OCc1ccccc1)C(C)C. The molecule has 0 aromatic heterocycles. The number of carbonyl (C=O) groups excluding carboxylic acids is 2. The maximum Gasteiger partial charge on any atom is 0.408 e. The quantitative estimate of drug-likeness (QED) is 0.386. The average molecular weight is 463 g/mol. The van der Waals surface area contributed by atoms with E-state index in [1.807, 2.05) is 60.7 Å². The van der Waals surface area contributed by atoms with Crippen molar-refractivity contribution in [1.29, 1.82) is 0 Å². The van der Waals surface area contributed by atoms with Crippen LogP contribution in [0.5, 0.6) is 0 Å². The van der Waals surface area contributed by atoms with E-state index in [1.54, 1.807) is 13.8 Å². The maximum atomic E-state index is 13.6. The van der Waals surface area contributed by atoms with Crippen molar-refractivity contribution in [3.63, 3.8) is 0 Å². The standard InChI is InChI=1S/C23H30NO7P/c1-17(2)21(24-23(26)30-16-19-13-9-6-10-14-19)32(27,29-4)31-20(22(25)28-3)15-18-11-7-5-8-12-18/h5-14,17,20-21H,15-16H2,1-4H3,(H,24,26)/t20-,21-,32?/m0/s1. The molecule has 32 heavy (non-hydrogen) atoms. The summed E-state index contributed by atoms with van der Waals surface area (Å²) in [6, 6.07) is 18.3. The van der Waals surface area contributed by atoms with Crippen molar-refractivity contribution in [2.45, 2.75) is 38.8 Å². The Balaban J connectivity index is 2.15. The summed E-state index contributed by atoms with van der Waals surface area (Å²) in [6.07, 6.45) is -1.83. The average Bonchev–Trinajstić information content (AvgIpc) is 2.81. The van der Waals surface area contributed by atoms with Crippen LogP contribution in [0.3, 0.4) is 0 Å². The number of alkyl carbamates (subject to hydrolysis) is 1. The Morgan fingerprint density at radius 2 is 1.50 bits per heavy atom. The van der Waals surface area contributed by atoms with Gasteiger partial charge < -0.3 is 19.3 Å². The zero-order valence-corrected chi connectivity index (χ0v) is 19.6. The molecule has 1 N–H and O–H groups in total. The van der Waals surface area contributed by atoms with E-state index in [2.05, 4.69) is 5.32 Å². The van der Waals surface area contributed by atoms with Gasteiger partial charge in [0, 0.05) is 13.5 Å². The Kier molecular flexibility index (Phi) is 9.91. The molecule has 2 aromatic carbocycles. The Bertz CT molecular complexity index is 905. The molecule has 0 saturated carbocycles. The fourth-order valence-corrected chi connectivity index (χ4v) is 4.97. The molecule has 0 fully saturated rings. The molecule has 2 rings (SSSR count). The van der Waals surface area contributed by atoms with Gasteiger partial charge in [-0.15, -0.1) is 0 Å². The third kappa shape index (κ3) is 7.48. The summed E-state index contributed by atoms with van der Waals surface area (Å²) in [4.78, 5) is 24.8. The Morgan fingerprint density at radius 3 is 2.00 bits per heavy atom. The van der Waals surface area contributed by atoms with Crippen molar-refractivity contribution in [2.75, 3.05) is 14.2 Å². The lowest BCUT2D eigenvalue weighted by atomic mass is 10.1. The Morgan fingerprint density at radius 1 is 0.938 bits per heavy atom. The van der Waals surface area contributed by atoms with E-state index in [4.69, 9.17) is 18.5 Å². The van der Waals surface area contributed by atoms with E-state index >= 15 is 0 Å². The van der Waals surface area contributed by atoms with Crippen LogP contribution in [-0.4, -0.2) is 38.2 Å². The molecule has 174 valence electrons. The smallest absolute Gasteiger partial charge is 0.408 e. The van der Waals surface area contributed by atoms with Crippen LogP contribution >= 0.6 is 7.60 Å². The number of nitrogens with one attached hydrogen (secondary N) is 1. The largest absolute Gasteiger partial charge is 0.467 e. The number of hydrogen-bond donors (Lipinski definition) is 1. The second-order valence-corrected chi connectivity index (χ2v) is 9.64. The first-order chi connectivity index (χ1) is 15.3. The molecule has 0 aliphatic rings. The van der Waals surface area contributed by atoms with Gasteiger partial charge >= 0.3 is 19.7 Å². The van der Waals surface area contributed by atoms with Crippen LogP contribution in [0.1, 0.15) is 25.0 Å². The number of esters is 1. The van der Waals surface area contributed by atoms with E-state index in [0.29, 0.717) is 0 Å². The van der Waals surface area contributed by atoms with Gasteiger partial charge in [-0.25, -0.2) is 9.59 Å². The zero-order valence-electron chi connectivity index (χ0n) is 18.7. The van der Waals surface area contributed by atoms with Gasteiger partial charge in [0.2, 0.25) is 0 Å². The summed E-state index contributed by atoms with van der Waals surface area (Å²) in [5.41, 5.74) is 1.60. The lowest BCUT2D eigenvalue weighted by Crippen LogP contribution is -2.41. The Labute approximate surface area is 188 Å². The van der Waals surface area contributed by atoms with Crippen molar-refractivity contribution < 1.29 is 32.7 Å². The number of ether oxygens (including phenoxy) is 2. The minimum Gasteiger partial charge on any atom is -0.467 e. The molecule has 0 bridgehead atoms. The van der Waals surface area contributed by atoms with Crippen molar-refractivity contribution in [1.82, 2.24) is 5.32 Å².